The van der Waals surface area contributed by atoms with Crippen molar-refractivity contribution in [3.63, 3.8) is 0 Å². The number of pyridine rings is 1. The lowest BCUT2D eigenvalue weighted by Gasteiger charge is -1.98. The van der Waals surface area contributed by atoms with Crippen LogP contribution in [0.15, 0.2) is 83.3 Å². The third-order valence-corrected chi connectivity index (χ3v) is 4.02. The Morgan fingerprint density at radius 1 is 0.739 bits per heavy atom. The Hall–Kier alpha value is -3.07. The van der Waals surface area contributed by atoms with Gasteiger partial charge in [-0.2, -0.15) is 5.10 Å². The first-order valence-electron chi connectivity index (χ1n) is 7.58. The summed E-state index contributed by atoms with van der Waals surface area (Å²) >= 11 is 0. The van der Waals surface area contributed by atoms with E-state index in [4.69, 9.17) is 0 Å². The minimum absolute atomic E-state index is 0.939. The number of hydrogen-bond donors (Lipinski definition) is 0. The summed E-state index contributed by atoms with van der Waals surface area (Å²) in [5, 5.41) is 8.81. The van der Waals surface area contributed by atoms with Crippen molar-refractivity contribution in [3.05, 3.63) is 89.7 Å². The van der Waals surface area contributed by atoms with Gasteiger partial charge in [0.15, 0.2) is 12.4 Å². The molecule has 0 spiro atoms. The number of fused-ring (bicyclic) bond motifs is 3. The molecule has 110 valence electrons. The smallest absolute Gasteiger partial charge is 0.169 e. The predicted octanol–water partition coefficient (Wildman–Crippen LogP) is 3.36. The van der Waals surface area contributed by atoms with Crippen LogP contribution in [0.25, 0.3) is 11.1 Å². The van der Waals surface area contributed by atoms with E-state index in [0.717, 1.165) is 22.4 Å². The Balaban J connectivity index is 1.75. The van der Waals surface area contributed by atoms with E-state index in [0.29, 0.717) is 0 Å². The number of aryl methyl sites for hydroxylation is 1. The average Bonchev–Trinajstić information content (AvgIpc) is 2.91. The molecule has 0 fully saturated rings. The van der Waals surface area contributed by atoms with Crippen LogP contribution < -0.4 is 4.57 Å². The van der Waals surface area contributed by atoms with E-state index >= 15 is 0 Å². The lowest BCUT2D eigenvalue weighted by atomic mass is 10.1. The van der Waals surface area contributed by atoms with Crippen molar-refractivity contribution in [2.75, 3.05) is 0 Å². The van der Waals surface area contributed by atoms with Gasteiger partial charge in [0.25, 0.3) is 0 Å². The average molecular weight is 298 g/mol. The molecule has 3 nitrogen and oxygen atoms in total. The number of rotatable bonds is 2. The van der Waals surface area contributed by atoms with Crippen LogP contribution in [-0.2, 0) is 7.05 Å². The highest BCUT2D eigenvalue weighted by molar-refractivity contribution is 6.24. The Morgan fingerprint density at radius 2 is 1.26 bits per heavy atom. The van der Waals surface area contributed by atoms with E-state index < -0.39 is 0 Å². The minimum Gasteiger partial charge on any atom is -0.208 e. The van der Waals surface area contributed by atoms with Gasteiger partial charge in [0.2, 0.25) is 0 Å². The van der Waals surface area contributed by atoms with E-state index in [9.17, 15) is 0 Å². The van der Waals surface area contributed by atoms with Crippen LogP contribution in [0.4, 0.5) is 0 Å². The molecule has 0 saturated carbocycles. The van der Waals surface area contributed by atoms with E-state index in [-0.39, 0.29) is 0 Å². The summed E-state index contributed by atoms with van der Waals surface area (Å²) in [6.07, 6.45) is 5.78. The maximum atomic E-state index is 4.50. The zero-order chi connectivity index (χ0) is 15.6. The lowest BCUT2D eigenvalue weighted by Crippen LogP contribution is -2.25. The van der Waals surface area contributed by atoms with Crippen LogP contribution in [0, 0.1) is 0 Å². The molecule has 1 aliphatic carbocycles. The van der Waals surface area contributed by atoms with Gasteiger partial charge < -0.3 is 0 Å². The standard InChI is InChI=1S/C20H16N3/c1-23-12-10-15(11-13-23)14-21-22-20-18-8-4-2-6-16(18)17-7-3-5-9-19(17)20/h2-14H,1H3/q+1. The number of aromatic nitrogens is 1. The maximum absolute atomic E-state index is 4.50. The fraction of sp³-hybridized carbons (Fsp3) is 0.0500. The molecule has 23 heavy (non-hydrogen) atoms. The van der Waals surface area contributed by atoms with Crippen LogP contribution in [0.1, 0.15) is 16.7 Å². The molecule has 0 atom stereocenters. The van der Waals surface area contributed by atoms with E-state index in [2.05, 4.69) is 46.6 Å². The lowest BCUT2D eigenvalue weighted by molar-refractivity contribution is -0.671. The van der Waals surface area contributed by atoms with Gasteiger partial charge in [-0.3, -0.25) is 0 Å². The van der Waals surface area contributed by atoms with Gasteiger partial charge in [-0.1, -0.05) is 48.5 Å². The molecule has 4 rings (SSSR count). The Bertz CT molecular complexity index is 874. The van der Waals surface area contributed by atoms with Gasteiger partial charge in [0.1, 0.15) is 12.8 Å². The molecular formula is C20H16N3+. The van der Waals surface area contributed by atoms with Crippen LogP contribution in [-0.4, -0.2) is 11.9 Å². The molecule has 0 N–H and O–H groups in total. The number of benzene rings is 2. The summed E-state index contributed by atoms with van der Waals surface area (Å²) < 4.78 is 1.99. The van der Waals surface area contributed by atoms with Crippen molar-refractivity contribution in [2.45, 2.75) is 0 Å². The van der Waals surface area contributed by atoms with Crippen LogP contribution in [0.3, 0.4) is 0 Å². The van der Waals surface area contributed by atoms with Gasteiger partial charge in [-0.15, -0.1) is 5.10 Å². The molecule has 1 aliphatic rings. The van der Waals surface area contributed by atoms with Crippen molar-refractivity contribution in [1.82, 2.24) is 0 Å². The Kier molecular flexibility index (Phi) is 3.31. The largest absolute Gasteiger partial charge is 0.208 e. The molecule has 0 radical (unpaired) electrons. The van der Waals surface area contributed by atoms with Gasteiger partial charge in [-0.25, -0.2) is 4.57 Å². The van der Waals surface area contributed by atoms with Crippen molar-refractivity contribution in [3.8, 4) is 11.1 Å². The monoisotopic (exact) mass is 298 g/mol. The van der Waals surface area contributed by atoms with Gasteiger partial charge in [0, 0.05) is 28.8 Å². The minimum atomic E-state index is 0.939. The molecule has 2 aromatic carbocycles. The molecule has 3 aromatic rings. The number of hydrogen-bond acceptors (Lipinski definition) is 2. The van der Waals surface area contributed by atoms with Gasteiger partial charge in [0.05, 0.1) is 6.21 Å². The summed E-state index contributed by atoms with van der Waals surface area (Å²) in [6, 6.07) is 20.7. The zero-order valence-corrected chi connectivity index (χ0v) is 12.8. The van der Waals surface area contributed by atoms with Gasteiger partial charge >= 0.3 is 0 Å². The predicted molar refractivity (Wildman–Crippen MR) is 92.7 cm³/mol. The van der Waals surface area contributed by atoms with Crippen LogP contribution in [0.2, 0.25) is 0 Å². The highest BCUT2D eigenvalue weighted by Gasteiger charge is 2.23. The maximum Gasteiger partial charge on any atom is 0.169 e. The third kappa shape index (κ3) is 2.46. The molecule has 0 aliphatic heterocycles. The molecule has 1 aromatic heterocycles. The van der Waals surface area contributed by atoms with Crippen molar-refractivity contribution < 1.29 is 4.57 Å². The summed E-state index contributed by atoms with van der Waals surface area (Å²) in [4.78, 5) is 0. The summed E-state index contributed by atoms with van der Waals surface area (Å²) in [5.74, 6) is 0. The van der Waals surface area contributed by atoms with Crippen molar-refractivity contribution in [2.24, 2.45) is 17.3 Å². The van der Waals surface area contributed by atoms with E-state index in [1.807, 2.05) is 48.3 Å². The summed E-state index contributed by atoms with van der Waals surface area (Å²) in [5.41, 5.74) is 6.71. The van der Waals surface area contributed by atoms with Crippen molar-refractivity contribution >= 4 is 11.9 Å². The second-order valence-electron chi connectivity index (χ2n) is 5.58. The highest BCUT2D eigenvalue weighted by atomic mass is 15.2. The molecule has 0 unspecified atom stereocenters. The SMILES string of the molecule is C[n+]1ccc(/C=N/N=C2c3ccccc3-c3ccccc32)cc1. The Labute approximate surface area is 135 Å². The zero-order valence-electron chi connectivity index (χ0n) is 12.8. The molecule has 3 heteroatoms. The highest BCUT2D eigenvalue weighted by Crippen LogP contribution is 2.36. The fourth-order valence-corrected chi connectivity index (χ4v) is 2.85. The van der Waals surface area contributed by atoms with E-state index in [1.54, 1.807) is 6.21 Å². The van der Waals surface area contributed by atoms with Gasteiger partial charge in [-0.05, 0) is 11.1 Å². The fourth-order valence-electron chi connectivity index (χ4n) is 2.85. The van der Waals surface area contributed by atoms with E-state index in [1.165, 1.54) is 11.1 Å². The number of nitrogens with zero attached hydrogens (tertiary/aromatic N) is 3. The van der Waals surface area contributed by atoms with Crippen molar-refractivity contribution in [1.29, 1.82) is 0 Å². The Morgan fingerprint density at radius 3 is 1.83 bits per heavy atom. The molecule has 1 heterocycles. The van der Waals surface area contributed by atoms with Crippen LogP contribution >= 0.6 is 0 Å². The first kappa shape index (κ1) is 13.6. The first-order chi connectivity index (χ1) is 11.3. The molecule has 0 saturated heterocycles. The molecule has 0 amide bonds. The van der Waals surface area contributed by atoms with Crippen LogP contribution in [0.5, 0.6) is 0 Å². The molecular weight excluding hydrogens is 282 g/mol. The second kappa shape index (κ2) is 5.61. The second-order valence-corrected chi connectivity index (χ2v) is 5.58. The summed E-state index contributed by atoms with van der Waals surface area (Å²) in [6.45, 7) is 0. The normalized spacial score (nSPS) is 12.3. The third-order valence-electron chi connectivity index (χ3n) is 4.02. The first-order valence-corrected chi connectivity index (χ1v) is 7.58. The summed E-state index contributed by atoms with van der Waals surface area (Å²) in [7, 11) is 1.99. The topological polar surface area (TPSA) is 28.6 Å². The quantitative estimate of drug-likeness (QED) is 0.308. The molecule has 0 bridgehead atoms.